The quantitative estimate of drug-likeness (QED) is 0.942. The number of aromatic nitrogens is 2. The molecule has 1 fully saturated rings. The zero-order chi connectivity index (χ0) is 14.8. The lowest BCUT2D eigenvalue weighted by Gasteiger charge is -2.25. The van der Waals surface area contributed by atoms with Crippen LogP contribution in [0, 0.1) is 0 Å². The highest BCUT2D eigenvalue weighted by Gasteiger charge is 2.31. The molecule has 5 nitrogen and oxygen atoms in total. The Hall–Kier alpha value is -2.30. The van der Waals surface area contributed by atoms with Crippen molar-refractivity contribution < 1.29 is 4.79 Å². The molecule has 0 bridgehead atoms. The van der Waals surface area contributed by atoms with Crippen molar-refractivity contribution in [3.8, 4) is 0 Å². The molecule has 1 unspecified atom stereocenters. The summed E-state index contributed by atoms with van der Waals surface area (Å²) in [5, 5.41) is 6.64. The Morgan fingerprint density at radius 1 is 1.38 bits per heavy atom. The van der Waals surface area contributed by atoms with Crippen LogP contribution in [0.5, 0.6) is 0 Å². The number of hydrogen-bond acceptors (Lipinski definition) is 3. The van der Waals surface area contributed by atoms with Gasteiger partial charge in [0.25, 0.3) is 5.91 Å². The van der Waals surface area contributed by atoms with E-state index in [4.69, 9.17) is 0 Å². The van der Waals surface area contributed by atoms with Crippen LogP contribution in [0.2, 0.25) is 0 Å². The predicted octanol–water partition coefficient (Wildman–Crippen LogP) is 2.45. The standard InChI is InChI=1S/C16H20N4O/c1-19(2)13-6-3-5-12(11-13)15-7-4-10-20(15)16(21)14-8-9-17-18-14/h3,5-6,8-9,11,15H,4,7,10H2,1-2H3,(H,17,18). The fourth-order valence-corrected chi connectivity index (χ4v) is 2.90. The zero-order valence-corrected chi connectivity index (χ0v) is 12.4. The summed E-state index contributed by atoms with van der Waals surface area (Å²) in [6, 6.07) is 10.3. The van der Waals surface area contributed by atoms with Crippen molar-refractivity contribution in [2.45, 2.75) is 18.9 Å². The minimum absolute atomic E-state index is 0.0326. The molecule has 0 aliphatic carbocycles. The first kappa shape index (κ1) is 13.7. The normalized spacial score (nSPS) is 18.0. The summed E-state index contributed by atoms with van der Waals surface area (Å²) in [6.45, 7) is 0.800. The molecule has 2 aromatic rings. The van der Waals surface area contributed by atoms with Crippen LogP contribution in [0.15, 0.2) is 36.5 Å². The number of likely N-dealkylation sites (tertiary alicyclic amines) is 1. The second kappa shape index (κ2) is 5.60. The first-order valence-electron chi connectivity index (χ1n) is 7.24. The van der Waals surface area contributed by atoms with Crippen LogP contribution in [0.1, 0.15) is 34.9 Å². The highest BCUT2D eigenvalue weighted by atomic mass is 16.2. The van der Waals surface area contributed by atoms with E-state index in [9.17, 15) is 4.79 Å². The van der Waals surface area contributed by atoms with E-state index < -0.39 is 0 Å². The molecule has 1 atom stereocenters. The lowest BCUT2D eigenvalue weighted by Crippen LogP contribution is -2.30. The molecule has 1 aliphatic heterocycles. The molecule has 2 heterocycles. The van der Waals surface area contributed by atoms with Gasteiger partial charge in [-0.05, 0) is 36.6 Å². The summed E-state index contributed by atoms with van der Waals surface area (Å²) in [7, 11) is 4.06. The number of amides is 1. The molecule has 0 spiro atoms. The first-order chi connectivity index (χ1) is 10.2. The number of nitrogens with zero attached hydrogens (tertiary/aromatic N) is 3. The van der Waals surface area contributed by atoms with Gasteiger partial charge in [0, 0.05) is 32.5 Å². The van der Waals surface area contributed by atoms with Gasteiger partial charge >= 0.3 is 0 Å². The van der Waals surface area contributed by atoms with E-state index in [1.807, 2.05) is 19.0 Å². The molecule has 1 amide bonds. The van der Waals surface area contributed by atoms with Crippen LogP contribution in [-0.2, 0) is 0 Å². The van der Waals surface area contributed by atoms with Gasteiger partial charge < -0.3 is 9.80 Å². The van der Waals surface area contributed by atoms with Gasteiger partial charge in [0.15, 0.2) is 0 Å². The Morgan fingerprint density at radius 2 is 2.24 bits per heavy atom. The van der Waals surface area contributed by atoms with E-state index in [1.165, 1.54) is 5.56 Å². The van der Waals surface area contributed by atoms with Crippen molar-refractivity contribution >= 4 is 11.6 Å². The van der Waals surface area contributed by atoms with E-state index in [0.717, 1.165) is 25.1 Å². The smallest absolute Gasteiger partial charge is 0.272 e. The number of benzene rings is 1. The third-order valence-corrected chi connectivity index (χ3v) is 4.02. The number of rotatable bonds is 3. The molecule has 1 saturated heterocycles. The Morgan fingerprint density at radius 3 is 2.95 bits per heavy atom. The summed E-state index contributed by atoms with van der Waals surface area (Å²) in [5.41, 5.74) is 2.92. The van der Waals surface area contributed by atoms with Crippen LogP contribution in [0.25, 0.3) is 0 Å². The average Bonchev–Trinajstić information content (AvgIpc) is 3.18. The lowest BCUT2D eigenvalue weighted by molar-refractivity contribution is 0.0729. The summed E-state index contributed by atoms with van der Waals surface area (Å²) >= 11 is 0. The van der Waals surface area contributed by atoms with Gasteiger partial charge in [-0.3, -0.25) is 9.89 Å². The zero-order valence-electron chi connectivity index (χ0n) is 12.4. The maximum atomic E-state index is 12.6. The van der Waals surface area contributed by atoms with Gasteiger partial charge in [-0.1, -0.05) is 12.1 Å². The molecule has 1 aliphatic rings. The first-order valence-corrected chi connectivity index (χ1v) is 7.24. The van der Waals surface area contributed by atoms with Gasteiger partial charge in [-0.15, -0.1) is 0 Å². The minimum Gasteiger partial charge on any atom is -0.378 e. The summed E-state index contributed by atoms with van der Waals surface area (Å²) in [5.74, 6) is 0.0326. The highest BCUT2D eigenvalue weighted by Crippen LogP contribution is 2.34. The van der Waals surface area contributed by atoms with Crippen LogP contribution >= 0.6 is 0 Å². The Balaban J connectivity index is 1.87. The van der Waals surface area contributed by atoms with Crippen LogP contribution < -0.4 is 4.90 Å². The molecular weight excluding hydrogens is 264 g/mol. The number of carbonyl (C=O) groups excluding carboxylic acids is 1. The molecule has 1 aromatic heterocycles. The fraction of sp³-hybridized carbons (Fsp3) is 0.375. The summed E-state index contributed by atoms with van der Waals surface area (Å²) < 4.78 is 0. The van der Waals surface area contributed by atoms with E-state index in [0.29, 0.717) is 5.69 Å². The average molecular weight is 284 g/mol. The van der Waals surface area contributed by atoms with Gasteiger partial charge in [0.05, 0.1) is 6.04 Å². The van der Waals surface area contributed by atoms with Crippen molar-refractivity contribution in [2.24, 2.45) is 0 Å². The number of nitrogens with one attached hydrogen (secondary N) is 1. The van der Waals surface area contributed by atoms with Gasteiger partial charge in [0.2, 0.25) is 0 Å². The number of hydrogen-bond donors (Lipinski definition) is 1. The maximum absolute atomic E-state index is 12.6. The summed E-state index contributed by atoms with van der Waals surface area (Å²) in [4.78, 5) is 16.6. The second-order valence-electron chi connectivity index (χ2n) is 5.62. The second-order valence-corrected chi connectivity index (χ2v) is 5.62. The SMILES string of the molecule is CN(C)c1cccc(C2CCCN2C(=O)c2ccn[nH]2)c1. The highest BCUT2D eigenvalue weighted by molar-refractivity contribution is 5.92. The van der Waals surface area contributed by atoms with E-state index in [-0.39, 0.29) is 11.9 Å². The van der Waals surface area contributed by atoms with E-state index >= 15 is 0 Å². The van der Waals surface area contributed by atoms with E-state index in [1.54, 1.807) is 12.3 Å². The number of anilines is 1. The Labute approximate surface area is 124 Å². The molecule has 1 aromatic carbocycles. The van der Waals surface area contributed by atoms with Gasteiger partial charge in [0.1, 0.15) is 5.69 Å². The van der Waals surface area contributed by atoms with Crippen molar-refractivity contribution in [1.29, 1.82) is 0 Å². The van der Waals surface area contributed by atoms with Crippen LogP contribution in [-0.4, -0.2) is 41.6 Å². The van der Waals surface area contributed by atoms with Crippen molar-refractivity contribution in [3.05, 3.63) is 47.8 Å². The molecule has 1 N–H and O–H groups in total. The molecule has 0 saturated carbocycles. The third kappa shape index (κ3) is 2.63. The number of H-pyrrole nitrogens is 1. The molecule has 110 valence electrons. The molecule has 21 heavy (non-hydrogen) atoms. The van der Waals surface area contributed by atoms with Crippen molar-refractivity contribution in [1.82, 2.24) is 15.1 Å². The number of carbonyl (C=O) groups is 1. The Bertz CT molecular complexity index is 621. The minimum atomic E-state index is 0.0326. The largest absolute Gasteiger partial charge is 0.378 e. The molecule has 0 radical (unpaired) electrons. The monoisotopic (exact) mass is 284 g/mol. The maximum Gasteiger partial charge on any atom is 0.272 e. The molecule has 5 heteroatoms. The fourth-order valence-electron chi connectivity index (χ4n) is 2.90. The number of aromatic amines is 1. The van der Waals surface area contributed by atoms with E-state index in [2.05, 4.69) is 39.4 Å². The summed E-state index contributed by atoms with van der Waals surface area (Å²) in [6.07, 6.45) is 3.67. The van der Waals surface area contributed by atoms with Gasteiger partial charge in [-0.25, -0.2) is 0 Å². The third-order valence-electron chi connectivity index (χ3n) is 4.02. The Kier molecular flexibility index (Phi) is 3.64. The van der Waals surface area contributed by atoms with Crippen LogP contribution in [0.3, 0.4) is 0 Å². The molecular formula is C16H20N4O. The van der Waals surface area contributed by atoms with Crippen molar-refractivity contribution in [3.63, 3.8) is 0 Å². The van der Waals surface area contributed by atoms with Crippen molar-refractivity contribution in [2.75, 3.05) is 25.5 Å². The predicted molar refractivity (Wildman–Crippen MR) is 82.4 cm³/mol. The van der Waals surface area contributed by atoms with Crippen LogP contribution in [0.4, 0.5) is 5.69 Å². The molecule has 3 rings (SSSR count). The topological polar surface area (TPSA) is 52.2 Å². The van der Waals surface area contributed by atoms with Gasteiger partial charge in [-0.2, -0.15) is 5.10 Å². The lowest BCUT2D eigenvalue weighted by atomic mass is 10.0.